The summed E-state index contributed by atoms with van der Waals surface area (Å²) < 4.78 is 0. The van der Waals surface area contributed by atoms with Gasteiger partial charge in [-0.25, -0.2) is 0 Å². The summed E-state index contributed by atoms with van der Waals surface area (Å²) in [6, 6.07) is 0. The van der Waals surface area contributed by atoms with Gasteiger partial charge >= 0.3 is 0 Å². The van der Waals surface area contributed by atoms with E-state index >= 15 is 0 Å². The highest BCUT2D eigenvalue weighted by atomic mass is 16.3. The molecule has 1 unspecified atom stereocenters. The summed E-state index contributed by atoms with van der Waals surface area (Å²) in [5, 5.41) is 8.57. The Morgan fingerprint density at radius 1 is 1.62 bits per heavy atom. The van der Waals surface area contributed by atoms with Crippen LogP contribution in [0, 0.1) is 11.8 Å². The van der Waals surface area contributed by atoms with E-state index in [0.29, 0.717) is 0 Å². The molecule has 0 aromatic carbocycles. The van der Waals surface area contributed by atoms with Gasteiger partial charge in [-0.05, 0) is 19.9 Å². The highest BCUT2D eigenvalue weighted by Gasteiger charge is 1.78. The molecule has 0 amide bonds. The molecular formula is C7H10O. The molecule has 0 aliphatic carbocycles. The summed E-state index contributed by atoms with van der Waals surface area (Å²) in [4.78, 5) is 0. The first-order valence-corrected chi connectivity index (χ1v) is 2.57. The third kappa shape index (κ3) is 5.26. The largest absolute Gasteiger partial charge is 0.381 e. The fourth-order valence-corrected chi connectivity index (χ4v) is 0.252. The molecule has 0 aliphatic heterocycles. The molecule has 0 bridgehead atoms. The van der Waals surface area contributed by atoms with Gasteiger partial charge in [0.25, 0.3) is 0 Å². The Morgan fingerprint density at radius 2 is 2.25 bits per heavy atom. The molecule has 0 fully saturated rings. The highest BCUT2D eigenvalue weighted by Crippen LogP contribution is 1.72. The Balaban J connectivity index is 3.51. The first-order valence-electron chi connectivity index (χ1n) is 2.57. The molecule has 0 aromatic rings. The van der Waals surface area contributed by atoms with Crippen LogP contribution in [0.1, 0.15) is 13.8 Å². The van der Waals surface area contributed by atoms with Gasteiger partial charge in [0, 0.05) is 0 Å². The Kier molecular flexibility index (Phi) is 4.01. The van der Waals surface area contributed by atoms with Gasteiger partial charge in [-0.1, -0.05) is 17.9 Å². The summed E-state index contributed by atoms with van der Waals surface area (Å²) in [7, 11) is 0. The topological polar surface area (TPSA) is 20.2 Å². The van der Waals surface area contributed by atoms with E-state index in [-0.39, 0.29) is 0 Å². The van der Waals surface area contributed by atoms with Gasteiger partial charge in [0.05, 0.1) is 0 Å². The number of hydrogen-bond donors (Lipinski definition) is 1. The van der Waals surface area contributed by atoms with Crippen molar-refractivity contribution in [3.05, 3.63) is 12.2 Å². The number of aliphatic hydroxyl groups is 1. The predicted octanol–water partition coefficient (Wildman–Crippen LogP) is 0.947. The maximum absolute atomic E-state index is 8.57. The fourth-order valence-electron chi connectivity index (χ4n) is 0.252. The second kappa shape index (κ2) is 4.42. The Labute approximate surface area is 50.0 Å². The van der Waals surface area contributed by atoms with Crippen molar-refractivity contribution in [2.45, 2.75) is 20.0 Å². The van der Waals surface area contributed by atoms with Crippen molar-refractivity contribution in [2.75, 3.05) is 0 Å². The molecule has 8 heavy (non-hydrogen) atoms. The fraction of sp³-hybridized carbons (Fsp3) is 0.429. The zero-order valence-electron chi connectivity index (χ0n) is 5.18. The third-order valence-corrected chi connectivity index (χ3v) is 0.542. The molecule has 0 rings (SSSR count). The van der Waals surface area contributed by atoms with E-state index in [1.54, 1.807) is 13.0 Å². The smallest absolute Gasteiger partial charge is 0.112 e. The maximum Gasteiger partial charge on any atom is 0.112 e. The van der Waals surface area contributed by atoms with Crippen LogP contribution in [0.15, 0.2) is 12.2 Å². The minimum atomic E-state index is -0.508. The monoisotopic (exact) mass is 110 g/mol. The average molecular weight is 110 g/mol. The van der Waals surface area contributed by atoms with Gasteiger partial charge in [0.1, 0.15) is 6.10 Å². The Bertz CT molecular complexity index is 123. The van der Waals surface area contributed by atoms with Crippen LogP contribution in [0.5, 0.6) is 0 Å². The van der Waals surface area contributed by atoms with Crippen molar-refractivity contribution >= 4 is 0 Å². The molecule has 0 radical (unpaired) electrons. The third-order valence-electron chi connectivity index (χ3n) is 0.542. The van der Waals surface area contributed by atoms with Crippen molar-refractivity contribution < 1.29 is 5.11 Å². The van der Waals surface area contributed by atoms with Crippen molar-refractivity contribution in [3.8, 4) is 11.8 Å². The lowest BCUT2D eigenvalue weighted by molar-refractivity contribution is 0.253. The second-order valence-corrected chi connectivity index (χ2v) is 1.46. The lowest BCUT2D eigenvalue weighted by atomic mass is 10.4. The summed E-state index contributed by atoms with van der Waals surface area (Å²) in [6.07, 6.45) is 3.02. The SMILES string of the molecule is CC=CC#CC(C)O. The lowest BCUT2D eigenvalue weighted by Crippen LogP contribution is -1.91. The summed E-state index contributed by atoms with van der Waals surface area (Å²) in [5.41, 5.74) is 0. The molecule has 0 aliphatic rings. The van der Waals surface area contributed by atoms with Crippen LogP contribution in [0.4, 0.5) is 0 Å². The van der Waals surface area contributed by atoms with Crippen LogP contribution in [0.3, 0.4) is 0 Å². The molecule has 1 N–H and O–H groups in total. The predicted molar refractivity (Wildman–Crippen MR) is 34.3 cm³/mol. The van der Waals surface area contributed by atoms with Gasteiger partial charge < -0.3 is 5.11 Å². The molecular weight excluding hydrogens is 100 g/mol. The zero-order valence-corrected chi connectivity index (χ0v) is 5.18. The molecule has 44 valence electrons. The van der Waals surface area contributed by atoms with Gasteiger partial charge in [0.2, 0.25) is 0 Å². The standard InChI is InChI=1S/C7H10O/c1-3-4-5-6-7(2)8/h3-4,7-8H,1-2H3. The lowest BCUT2D eigenvalue weighted by Gasteiger charge is -1.83. The molecule has 1 nitrogen and oxygen atoms in total. The van der Waals surface area contributed by atoms with Gasteiger partial charge in [-0.2, -0.15) is 0 Å². The molecule has 0 saturated carbocycles. The molecule has 1 atom stereocenters. The van der Waals surface area contributed by atoms with Crippen LogP contribution in [0.25, 0.3) is 0 Å². The Morgan fingerprint density at radius 3 is 2.62 bits per heavy atom. The molecule has 1 heteroatoms. The number of hydrogen-bond acceptors (Lipinski definition) is 1. The van der Waals surface area contributed by atoms with Crippen LogP contribution in [-0.4, -0.2) is 11.2 Å². The van der Waals surface area contributed by atoms with E-state index in [9.17, 15) is 0 Å². The first kappa shape index (κ1) is 7.26. The first-order chi connectivity index (χ1) is 3.77. The van der Waals surface area contributed by atoms with Crippen molar-refractivity contribution in [1.29, 1.82) is 0 Å². The minimum Gasteiger partial charge on any atom is -0.381 e. The quantitative estimate of drug-likeness (QED) is 0.460. The maximum atomic E-state index is 8.57. The summed E-state index contributed by atoms with van der Waals surface area (Å²) in [5.74, 6) is 5.22. The van der Waals surface area contributed by atoms with Crippen molar-refractivity contribution in [2.24, 2.45) is 0 Å². The summed E-state index contributed by atoms with van der Waals surface area (Å²) >= 11 is 0. The van der Waals surface area contributed by atoms with Crippen LogP contribution in [-0.2, 0) is 0 Å². The second-order valence-electron chi connectivity index (χ2n) is 1.46. The van der Waals surface area contributed by atoms with E-state index in [0.717, 1.165) is 0 Å². The van der Waals surface area contributed by atoms with E-state index in [4.69, 9.17) is 5.11 Å². The van der Waals surface area contributed by atoms with Gasteiger partial charge in [-0.3, -0.25) is 0 Å². The number of aliphatic hydroxyl groups excluding tert-OH is 1. The van der Waals surface area contributed by atoms with Crippen LogP contribution >= 0.6 is 0 Å². The minimum absolute atomic E-state index is 0.508. The van der Waals surface area contributed by atoms with Gasteiger partial charge in [-0.15, -0.1) is 0 Å². The van der Waals surface area contributed by atoms with Crippen LogP contribution in [0.2, 0.25) is 0 Å². The van der Waals surface area contributed by atoms with E-state index in [1.807, 2.05) is 13.0 Å². The van der Waals surface area contributed by atoms with Crippen molar-refractivity contribution in [1.82, 2.24) is 0 Å². The number of allylic oxidation sites excluding steroid dienone is 2. The normalized spacial score (nSPS) is 12.9. The highest BCUT2D eigenvalue weighted by molar-refractivity contribution is 5.16. The number of rotatable bonds is 0. The van der Waals surface area contributed by atoms with E-state index in [2.05, 4.69) is 11.8 Å². The van der Waals surface area contributed by atoms with Crippen LogP contribution < -0.4 is 0 Å². The van der Waals surface area contributed by atoms with Crippen molar-refractivity contribution in [3.63, 3.8) is 0 Å². The molecule has 0 spiro atoms. The zero-order chi connectivity index (χ0) is 6.41. The average Bonchev–Trinajstić information content (AvgIpc) is 1.66. The molecule has 0 saturated heterocycles. The molecule has 0 aromatic heterocycles. The molecule has 0 heterocycles. The van der Waals surface area contributed by atoms with E-state index in [1.165, 1.54) is 0 Å². The Hall–Kier alpha value is -0.740. The van der Waals surface area contributed by atoms with E-state index < -0.39 is 6.10 Å². The van der Waals surface area contributed by atoms with Gasteiger partial charge in [0.15, 0.2) is 0 Å². The summed E-state index contributed by atoms with van der Waals surface area (Å²) in [6.45, 7) is 3.52.